The summed E-state index contributed by atoms with van der Waals surface area (Å²) in [6, 6.07) is 16.4. The van der Waals surface area contributed by atoms with Gasteiger partial charge in [-0.3, -0.25) is 9.59 Å². The number of carbonyl (C=O) groups is 2. The smallest absolute Gasteiger partial charge is 0.277 e. The molecule has 0 saturated carbocycles. The van der Waals surface area contributed by atoms with E-state index in [1.807, 2.05) is 63.2 Å². The SMILES string of the molecule is CC(=NNC(=O)COc1ccccc1)c1cccc(NC(=O)C(C)(C)C)c1. The molecular formula is C21H25N3O3. The first kappa shape index (κ1) is 20.2. The fourth-order valence-corrected chi connectivity index (χ4v) is 2.05. The fourth-order valence-electron chi connectivity index (χ4n) is 2.05. The van der Waals surface area contributed by atoms with Gasteiger partial charge in [0.25, 0.3) is 5.91 Å². The van der Waals surface area contributed by atoms with Crippen LogP contribution >= 0.6 is 0 Å². The molecule has 27 heavy (non-hydrogen) atoms. The Morgan fingerprint density at radius 1 is 1.04 bits per heavy atom. The van der Waals surface area contributed by atoms with Crippen LogP contribution in [0.3, 0.4) is 0 Å². The lowest BCUT2D eigenvalue weighted by Gasteiger charge is -2.18. The number of carbonyl (C=O) groups excluding carboxylic acids is 2. The second kappa shape index (κ2) is 8.98. The van der Waals surface area contributed by atoms with Crippen LogP contribution in [0, 0.1) is 5.41 Å². The zero-order chi connectivity index (χ0) is 19.9. The van der Waals surface area contributed by atoms with E-state index in [4.69, 9.17) is 4.74 Å². The number of benzene rings is 2. The van der Waals surface area contributed by atoms with Gasteiger partial charge >= 0.3 is 0 Å². The van der Waals surface area contributed by atoms with Crippen molar-refractivity contribution in [2.24, 2.45) is 10.5 Å². The van der Waals surface area contributed by atoms with Gasteiger partial charge in [-0.1, -0.05) is 51.1 Å². The van der Waals surface area contributed by atoms with Crippen LogP contribution < -0.4 is 15.5 Å². The Labute approximate surface area is 159 Å². The van der Waals surface area contributed by atoms with Crippen LogP contribution in [0.4, 0.5) is 5.69 Å². The molecule has 6 nitrogen and oxygen atoms in total. The summed E-state index contributed by atoms with van der Waals surface area (Å²) in [5, 5.41) is 6.98. The maximum absolute atomic E-state index is 12.1. The molecule has 0 aromatic heterocycles. The van der Waals surface area contributed by atoms with Crippen LogP contribution in [-0.2, 0) is 9.59 Å². The number of nitrogens with zero attached hydrogens (tertiary/aromatic N) is 1. The molecule has 0 bridgehead atoms. The lowest BCUT2D eigenvalue weighted by molar-refractivity contribution is -0.123. The number of anilines is 1. The maximum atomic E-state index is 12.1. The van der Waals surface area contributed by atoms with Crippen molar-refractivity contribution in [1.29, 1.82) is 0 Å². The van der Waals surface area contributed by atoms with Gasteiger partial charge in [0.1, 0.15) is 5.75 Å². The van der Waals surface area contributed by atoms with Crippen molar-refractivity contribution < 1.29 is 14.3 Å². The quantitative estimate of drug-likeness (QED) is 0.605. The van der Waals surface area contributed by atoms with Crippen molar-refractivity contribution in [2.75, 3.05) is 11.9 Å². The van der Waals surface area contributed by atoms with E-state index in [1.165, 1.54) is 0 Å². The standard InChI is InChI=1S/C21H25N3O3/c1-15(23-24-19(25)14-27-18-11-6-5-7-12-18)16-9-8-10-17(13-16)22-20(26)21(2,3)4/h5-13H,14H2,1-4H3,(H,22,26)(H,24,25). The second-order valence-corrected chi connectivity index (χ2v) is 7.12. The Kier molecular flexibility index (Phi) is 6.71. The summed E-state index contributed by atoms with van der Waals surface area (Å²) in [4.78, 5) is 24.0. The molecular weight excluding hydrogens is 342 g/mol. The molecule has 6 heteroatoms. The van der Waals surface area contributed by atoms with Gasteiger partial charge in [0.05, 0.1) is 5.71 Å². The van der Waals surface area contributed by atoms with Crippen LogP contribution in [0.25, 0.3) is 0 Å². The minimum absolute atomic E-state index is 0.0689. The number of hydrogen-bond donors (Lipinski definition) is 2. The molecule has 0 radical (unpaired) electrons. The summed E-state index contributed by atoms with van der Waals surface area (Å²) in [6.07, 6.45) is 0. The van der Waals surface area contributed by atoms with Crippen molar-refractivity contribution >= 4 is 23.2 Å². The third-order valence-corrected chi connectivity index (χ3v) is 3.68. The Morgan fingerprint density at radius 3 is 2.41 bits per heavy atom. The first-order valence-electron chi connectivity index (χ1n) is 8.68. The molecule has 0 aliphatic heterocycles. The third kappa shape index (κ3) is 6.58. The van der Waals surface area contributed by atoms with E-state index in [9.17, 15) is 9.59 Å². The molecule has 142 valence electrons. The lowest BCUT2D eigenvalue weighted by Crippen LogP contribution is -2.27. The Hall–Kier alpha value is -3.15. The van der Waals surface area contributed by atoms with E-state index in [1.54, 1.807) is 19.1 Å². The molecule has 2 N–H and O–H groups in total. The highest BCUT2D eigenvalue weighted by Gasteiger charge is 2.21. The number of amides is 2. The number of ether oxygens (including phenoxy) is 1. The van der Waals surface area contributed by atoms with Crippen molar-refractivity contribution in [1.82, 2.24) is 5.43 Å². The largest absolute Gasteiger partial charge is 0.484 e. The maximum Gasteiger partial charge on any atom is 0.277 e. The van der Waals surface area contributed by atoms with Crippen LogP contribution in [0.2, 0.25) is 0 Å². The van der Waals surface area contributed by atoms with Crippen LogP contribution in [0.1, 0.15) is 33.3 Å². The van der Waals surface area contributed by atoms with E-state index in [-0.39, 0.29) is 18.4 Å². The average Bonchev–Trinajstić information content (AvgIpc) is 2.64. The number of nitrogens with one attached hydrogen (secondary N) is 2. The van der Waals surface area contributed by atoms with Gasteiger partial charge in [0, 0.05) is 11.1 Å². The molecule has 0 saturated heterocycles. The van der Waals surface area contributed by atoms with Gasteiger partial charge in [0.15, 0.2) is 6.61 Å². The van der Waals surface area contributed by atoms with Gasteiger partial charge < -0.3 is 10.1 Å². The summed E-state index contributed by atoms with van der Waals surface area (Å²) in [6.45, 7) is 7.22. The molecule has 2 rings (SSSR count). The van der Waals surface area contributed by atoms with Crippen LogP contribution in [-0.4, -0.2) is 24.1 Å². The van der Waals surface area contributed by atoms with Crippen molar-refractivity contribution in [3.63, 3.8) is 0 Å². The Bertz CT molecular complexity index is 824. The van der Waals surface area contributed by atoms with Crippen LogP contribution in [0.15, 0.2) is 59.7 Å². The van der Waals surface area contributed by atoms with E-state index in [2.05, 4.69) is 15.8 Å². The Balaban J connectivity index is 1.94. The van der Waals surface area contributed by atoms with Crippen molar-refractivity contribution in [2.45, 2.75) is 27.7 Å². The summed E-state index contributed by atoms with van der Waals surface area (Å²) in [5.41, 5.74) is 4.09. The van der Waals surface area contributed by atoms with Crippen molar-refractivity contribution in [3.05, 3.63) is 60.2 Å². The van der Waals surface area contributed by atoms with E-state index in [0.717, 1.165) is 5.56 Å². The summed E-state index contributed by atoms with van der Waals surface area (Å²) >= 11 is 0. The van der Waals surface area contributed by atoms with Gasteiger partial charge in [-0.05, 0) is 36.8 Å². The van der Waals surface area contributed by atoms with E-state index < -0.39 is 5.41 Å². The first-order valence-corrected chi connectivity index (χ1v) is 8.68. The molecule has 2 amide bonds. The lowest BCUT2D eigenvalue weighted by atomic mass is 9.95. The Morgan fingerprint density at radius 2 is 1.74 bits per heavy atom. The van der Waals surface area contributed by atoms with Gasteiger partial charge in [-0.25, -0.2) is 5.43 Å². The topological polar surface area (TPSA) is 79.8 Å². The molecule has 0 atom stereocenters. The molecule has 2 aromatic rings. The summed E-state index contributed by atoms with van der Waals surface area (Å²) < 4.78 is 5.37. The van der Waals surface area contributed by atoms with Crippen LogP contribution in [0.5, 0.6) is 5.75 Å². The number of para-hydroxylation sites is 1. The second-order valence-electron chi connectivity index (χ2n) is 7.12. The molecule has 0 aliphatic rings. The highest BCUT2D eigenvalue weighted by atomic mass is 16.5. The van der Waals surface area contributed by atoms with Crippen molar-refractivity contribution in [3.8, 4) is 5.75 Å². The molecule has 0 heterocycles. The molecule has 0 spiro atoms. The minimum Gasteiger partial charge on any atom is -0.484 e. The average molecular weight is 367 g/mol. The van der Waals surface area contributed by atoms with Gasteiger partial charge in [-0.15, -0.1) is 0 Å². The molecule has 0 fully saturated rings. The summed E-state index contributed by atoms with van der Waals surface area (Å²) in [5.74, 6) is 0.201. The van der Waals surface area contributed by atoms with Gasteiger partial charge in [0.2, 0.25) is 5.91 Å². The summed E-state index contributed by atoms with van der Waals surface area (Å²) in [7, 11) is 0. The number of rotatable bonds is 6. The van der Waals surface area contributed by atoms with E-state index >= 15 is 0 Å². The zero-order valence-electron chi connectivity index (χ0n) is 16.1. The predicted molar refractivity (Wildman–Crippen MR) is 107 cm³/mol. The molecule has 0 aliphatic carbocycles. The zero-order valence-corrected chi connectivity index (χ0v) is 16.1. The van der Waals surface area contributed by atoms with E-state index in [0.29, 0.717) is 17.1 Å². The van der Waals surface area contributed by atoms with Gasteiger partial charge in [-0.2, -0.15) is 5.10 Å². The predicted octanol–water partition coefficient (Wildman–Crippen LogP) is 3.59. The normalized spacial score (nSPS) is 11.6. The monoisotopic (exact) mass is 367 g/mol. The molecule has 2 aromatic carbocycles. The third-order valence-electron chi connectivity index (χ3n) is 3.68. The number of hydrogen-bond acceptors (Lipinski definition) is 4. The first-order chi connectivity index (χ1) is 12.8. The number of hydrazone groups is 1. The highest BCUT2D eigenvalue weighted by molar-refractivity contribution is 6.01. The highest BCUT2D eigenvalue weighted by Crippen LogP contribution is 2.18. The molecule has 0 unspecified atom stereocenters. The fraction of sp³-hybridized carbons (Fsp3) is 0.286. The minimum atomic E-state index is -0.480.